The molecule has 2 aromatic rings. The minimum absolute atomic E-state index is 1.02. The van der Waals surface area contributed by atoms with Crippen molar-refractivity contribution >= 4 is 11.4 Å². The van der Waals surface area contributed by atoms with Crippen molar-refractivity contribution in [3.8, 4) is 0 Å². The Balaban J connectivity index is 2.24. The van der Waals surface area contributed by atoms with Crippen LogP contribution in [0.15, 0.2) is 30.6 Å². The van der Waals surface area contributed by atoms with Gasteiger partial charge in [0.1, 0.15) is 0 Å². The van der Waals surface area contributed by atoms with Gasteiger partial charge in [-0.3, -0.25) is 4.68 Å². The Morgan fingerprint density at radius 1 is 1.27 bits per heavy atom. The SMILES string of the molecule is Cc1ccc(Nc2cnn(C)c2)c(C)c1. The number of rotatable bonds is 2. The fourth-order valence-electron chi connectivity index (χ4n) is 1.60. The van der Waals surface area contributed by atoms with Crippen molar-refractivity contribution in [2.75, 3.05) is 5.32 Å². The van der Waals surface area contributed by atoms with Gasteiger partial charge in [-0.2, -0.15) is 5.10 Å². The highest BCUT2D eigenvalue weighted by Crippen LogP contribution is 2.20. The van der Waals surface area contributed by atoms with Gasteiger partial charge in [-0.1, -0.05) is 17.7 Å². The topological polar surface area (TPSA) is 29.9 Å². The van der Waals surface area contributed by atoms with Crippen molar-refractivity contribution in [2.24, 2.45) is 7.05 Å². The van der Waals surface area contributed by atoms with Crippen LogP contribution in [0, 0.1) is 13.8 Å². The Labute approximate surface area is 89.7 Å². The van der Waals surface area contributed by atoms with Gasteiger partial charge in [-0.05, 0) is 25.5 Å². The second-order valence-electron chi connectivity index (χ2n) is 3.85. The molecule has 78 valence electrons. The molecule has 1 heterocycles. The van der Waals surface area contributed by atoms with Gasteiger partial charge < -0.3 is 5.32 Å². The molecule has 2 rings (SSSR count). The maximum Gasteiger partial charge on any atom is 0.0770 e. The molecule has 0 bridgehead atoms. The standard InChI is InChI=1S/C12H15N3/c1-9-4-5-12(10(2)6-9)14-11-7-13-15(3)8-11/h4-8,14H,1-3H3. The molecule has 0 aliphatic carbocycles. The first kappa shape index (κ1) is 9.77. The number of hydrogen-bond donors (Lipinski definition) is 1. The van der Waals surface area contributed by atoms with Crippen molar-refractivity contribution in [1.82, 2.24) is 9.78 Å². The predicted molar refractivity (Wildman–Crippen MR) is 62.4 cm³/mol. The van der Waals surface area contributed by atoms with Gasteiger partial charge in [0.2, 0.25) is 0 Å². The average molecular weight is 201 g/mol. The zero-order chi connectivity index (χ0) is 10.8. The highest BCUT2D eigenvalue weighted by Gasteiger charge is 2.00. The monoisotopic (exact) mass is 201 g/mol. The van der Waals surface area contributed by atoms with E-state index in [0.717, 1.165) is 11.4 Å². The highest BCUT2D eigenvalue weighted by atomic mass is 15.3. The molecule has 0 spiro atoms. The van der Waals surface area contributed by atoms with Crippen LogP contribution in [0.5, 0.6) is 0 Å². The molecule has 0 amide bonds. The zero-order valence-electron chi connectivity index (χ0n) is 9.28. The summed E-state index contributed by atoms with van der Waals surface area (Å²) in [6.45, 7) is 4.20. The van der Waals surface area contributed by atoms with Gasteiger partial charge in [-0.15, -0.1) is 0 Å². The summed E-state index contributed by atoms with van der Waals surface area (Å²) in [6, 6.07) is 6.36. The molecule has 0 aliphatic heterocycles. The van der Waals surface area contributed by atoms with Crippen molar-refractivity contribution in [2.45, 2.75) is 13.8 Å². The molecule has 0 unspecified atom stereocenters. The van der Waals surface area contributed by atoms with E-state index in [0.29, 0.717) is 0 Å². The molecule has 0 fully saturated rings. The molecule has 3 nitrogen and oxygen atoms in total. The van der Waals surface area contributed by atoms with E-state index >= 15 is 0 Å². The Morgan fingerprint density at radius 2 is 2.07 bits per heavy atom. The highest BCUT2D eigenvalue weighted by molar-refractivity contribution is 5.62. The number of aryl methyl sites for hydroxylation is 3. The molecule has 0 atom stereocenters. The minimum atomic E-state index is 1.02. The summed E-state index contributed by atoms with van der Waals surface area (Å²) in [6.07, 6.45) is 3.78. The van der Waals surface area contributed by atoms with Crippen LogP contribution in [0.3, 0.4) is 0 Å². The molecule has 3 heteroatoms. The number of hydrogen-bond acceptors (Lipinski definition) is 2. The number of benzene rings is 1. The Bertz CT molecular complexity index is 471. The van der Waals surface area contributed by atoms with Gasteiger partial charge in [0.25, 0.3) is 0 Å². The summed E-state index contributed by atoms with van der Waals surface area (Å²) in [4.78, 5) is 0. The van der Waals surface area contributed by atoms with Gasteiger partial charge in [0.05, 0.1) is 11.9 Å². The van der Waals surface area contributed by atoms with Crippen LogP contribution in [-0.4, -0.2) is 9.78 Å². The van der Waals surface area contributed by atoms with Crippen LogP contribution in [0.2, 0.25) is 0 Å². The molecule has 1 N–H and O–H groups in total. The second kappa shape index (κ2) is 3.77. The summed E-state index contributed by atoms with van der Waals surface area (Å²) in [5.74, 6) is 0. The van der Waals surface area contributed by atoms with E-state index in [9.17, 15) is 0 Å². The van der Waals surface area contributed by atoms with Crippen molar-refractivity contribution in [3.05, 3.63) is 41.7 Å². The van der Waals surface area contributed by atoms with Crippen LogP contribution < -0.4 is 5.32 Å². The van der Waals surface area contributed by atoms with E-state index in [-0.39, 0.29) is 0 Å². The molecule has 1 aromatic heterocycles. The molecule has 0 aliphatic rings. The van der Waals surface area contributed by atoms with Crippen LogP contribution >= 0.6 is 0 Å². The van der Waals surface area contributed by atoms with E-state index in [4.69, 9.17) is 0 Å². The minimum Gasteiger partial charge on any atom is -0.353 e. The van der Waals surface area contributed by atoms with Crippen LogP contribution in [0.4, 0.5) is 11.4 Å². The summed E-state index contributed by atoms with van der Waals surface area (Å²) in [7, 11) is 1.91. The third-order valence-electron chi connectivity index (χ3n) is 2.37. The molecule has 0 saturated heterocycles. The lowest BCUT2D eigenvalue weighted by molar-refractivity contribution is 0.768. The number of nitrogens with one attached hydrogen (secondary N) is 1. The van der Waals surface area contributed by atoms with Crippen molar-refractivity contribution in [1.29, 1.82) is 0 Å². The second-order valence-corrected chi connectivity index (χ2v) is 3.85. The van der Waals surface area contributed by atoms with Gasteiger partial charge >= 0.3 is 0 Å². The third-order valence-corrected chi connectivity index (χ3v) is 2.37. The van der Waals surface area contributed by atoms with Gasteiger partial charge in [-0.25, -0.2) is 0 Å². The smallest absolute Gasteiger partial charge is 0.0770 e. The summed E-state index contributed by atoms with van der Waals surface area (Å²) >= 11 is 0. The molecule has 15 heavy (non-hydrogen) atoms. The Hall–Kier alpha value is -1.77. The number of aromatic nitrogens is 2. The summed E-state index contributed by atoms with van der Waals surface area (Å²) < 4.78 is 1.78. The fraction of sp³-hybridized carbons (Fsp3) is 0.250. The van der Waals surface area contributed by atoms with Crippen molar-refractivity contribution < 1.29 is 0 Å². The van der Waals surface area contributed by atoms with Gasteiger partial charge in [0, 0.05) is 18.9 Å². The Kier molecular flexibility index (Phi) is 2.46. The summed E-state index contributed by atoms with van der Waals surface area (Å²) in [5, 5.41) is 7.45. The quantitative estimate of drug-likeness (QED) is 0.809. The average Bonchev–Trinajstić information content (AvgIpc) is 2.56. The maximum atomic E-state index is 4.11. The number of anilines is 2. The van der Waals surface area contributed by atoms with Crippen molar-refractivity contribution in [3.63, 3.8) is 0 Å². The van der Waals surface area contributed by atoms with E-state index in [1.165, 1.54) is 11.1 Å². The van der Waals surface area contributed by atoms with Crippen LogP contribution in [0.25, 0.3) is 0 Å². The maximum absolute atomic E-state index is 4.11. The zero-order valence-corrected chi connectivity index (χ0v) is 9.28. The van der Waals surface area contributed by atoms with E-state index in [1.54, 1.807) is 4.68 Å². The normalized spacial score (nSPS) is 10.3. The molecular formula is C12H15N3. The number of nitrogens with zero attached hydrogens (tertiary/aromatic N) is 2. The molecule has 1 aromatic carbocycles. The van der Waals surface area contributed by atoms with Gasteiger partial charge in [0.15, 0.2) is 0 Å². The van der Waals surface area contributed by atoms with Crippen LogP contribution in [-0.2, 0) is 7.05 Å². The fourth-order valence-corrected chi connectivity index (χ4v) is 1.60. The van der Waals surface area contributed by atoms with E-state index in [1.807, 2.05) is 19.4 Å². The lowest BCUT2D eigenvalue weighted by atomic mass is 10.1. The third kappa shape index (κ3) is 2.18. The molecule has 0 saturated carbocycles. The lowest BCUT2D eigenvalue weighted by Crippen LogP contribution is -1.92. The Morgan fingerprint density at radius 3 is 2.67 bits per heavy atom. The molecular weight excluding hydrogens is 186 g/mol. The first-order valence-corrected chi connectivity index (χ1v) is 4.98. The van der Waals surface area contributed by atoms with E-state index < -0.39 is 0 Å². The molecule has 0 radical (unpaired) electrons. The lowest BCUT2D eigenvalue weighted by Gasteiger charge is -2.07. The largest absolute Gasteiger partial charge is 0.353 e. The first-order chi connectivity index (χ1) is 7.15. The predicted octanol–water partition coefficient (Wildman–Crippen LogP) is 2.78. The first-order valence-electron chi connectivity index (χ1n) is 4.98. The summed E-state index contributed by atoms with van der Waals surface area (Å²) in [5.41, 5.74) is 4.68. The van der Waals surface area contributed by atoms with E-state index in [2.05, 4.69) is 42.5 Å². The van der Waals surface area contributed by atoms with Crippen LogP contribution in [0.1, 0.15) is 11.1 Å².